The van der Waals surface area contributed by atoms with E-state index in [-0.39, 0.29) is 17.3 Å². The Kier molecular flexibility index (Phi) is 6.92. The molecular formula is C22H29N3O3S. The number of para-hydroxylation sites is 1. The molecule has 0 bridgehead atoms. The summed E-state index contributed by atoms with van der Waals surface area (Å²) in [5.41, 5.74) is 2.98. The maximum atomic E-state index is 12.6. The molecule has 0 fully saturated rings. The summed E-state index contributed by atoms with van der Waals surface area (Å²) in [6.45, 7) is 3.65. The molecule has 1 heterocycles. The first kappa shape index (κ1) is 21.3. The van der Waals surface area contributed by atoms with Crippen molar-refractivity contribution < 1.29 is 13.2 Å². The quantitative estimate of drug-likeness (QED) is 0.716. The van der Waals surface area contributed by atoms with E-state index >= 15 is 0 Å². The normalized spacial score (nSPS) is 14.0. The molecule has 0 radical (unpaired) electrons. The van der Waals surface area contributed by atoms with E-state index in [1.165, 1.54) is 9.87 Å². The number of hydrogen-bond acceptors (Lipinski definition) is 4. The molecule has 1 N–H and O–H groups in total. The molecule has 0 spiro atoms. The molecule has 0 atom stereocenters. The van der Waals surface area contributed by atoms with Gasteiger partial charge in [-0.05, 0) is 55.2 Å². The van der Waals surface area contributed by atoms with Crippen LogP contribution in [0.3, 0.4) is 0 Å². The van der Waals surface area contributed by atoms with Gasteiger partial charge in [0.1, 0.15) is 0 Å². The van der Waals surface area contributed by atoms with Crippen LogP contribution in [0.1, 0.15) is 31.7 Å². The number of anilines is 2. The van der Waals surface area contributed by atoms with E-state index in [1.54, 1.807) is 31.3 Å². The highest BCUT2D eigenvalue weighted by Gasteiger charge is 2.21. The van der Waals surface area contributed by atoms with Gasteiger partial charge < -0.3 is 10.2 Å². The van der Waals surface area contributed by atoms with Crippen molar-refractivity contribution in [3.8, 4) is 0 Å². The van der Waals surface area contributed by atoms with E-state index < -0.39 is 10.0 Å². The molecule has 29 heavy (non-hydrogen) atoms. The monoisotopic (exact) mass is 415 g/mol. The Hall–Kier alpha value is -2.38. The zero-order chi connectivity index (χ0) is 20.9. The Bertz CT molecular complexity index is 942. The number of benzene rings is 2. The molecule has 0 saturated carbocycles. The molecule has 2 aromatic rings. The highest BCUT2D eigenvalue weighted by atomic mass is 32.2. The molecule has 2 aromatic carbocycles. The van der Waals surface area contributed by atoms with E-state index in [1.807, 2.05) is 19.1 Å². The van der Waals surface area contributed by atoms with Gasteiger partial charge in [-0.2, -0.15) is 0 Å². The number of unbranched alkanes of at least 4 members (excludes halogenated alkanes) is 1. The first-order chi connectivity index (χ1) is 13.9. The van der Waals surface area contributed by atoms with Gasteiger partial charge in [-0.3, -0.25) is 4.79 Å². The first-order valence-electron chi connectivity index (χ1n) is 10.1. The highest BCUT2D eigenvalue weighted by molar-refractivity contribution is 7.89. The Morgan fingerprint density at radius 1 is 1.14 bits per heavy atom. The van der Waals surface area contributed by atoms with Crippen LogP contribution >= 0.6 is 0 Å². The van der Waals surface area contributed by atoms with Gasteiger partial charge in [-0.1, -0.05) is 31.5 Å². The van der Waals surface area contributed by atoms with Crippen LogP contribution in [0.5, 0.6) is 0 Å². The van der Waals surface area contributed by atoms with Gasteiger partial charge in [0.05, 0.1) is 11.4 Å². The SMILES string of the molecule is CCCCN(C)S(=O)(=O)c1ccc(NC(=O)CN2CCCc3ccccc32)cc1. The zero-order valence-corrected chi connectivity index (χ0v) is 17.9. The molecule has 156 valence electrons. The maximum absolute atomic E-state index is 12.6. The molecular weight excluding hydrogens is 386 g/mol. The average Bonchev–Trinajstić information content (AvgIpc) is 2.72. The number of carbonyl (C=O) groups is 1. The van der Waals surface area contributed by atoms with Crippen LogP contribution in [-0.2, 0) is 21.2 Å². The van der Waals surface area contributed by atoms with Crippen LogP contribution in [0.25, 0.3) is 0 Å². The van der Waals surface area contributed by atoms with Crippen molar-refractivity contribution >= 4 is 27.3 Å². The Balaban J connectivity index is 1.62. The van der Waals surface area contributed by atoms with Crippen LogP contribution in [0, 0.1) is 0 Å². The number of hydrogen-bond donors (Lipinski definition) is 1. The predicted molar refractivity (Wildman–Crippen MR) is 117 cm³/mol. The molecule has 0 unspecified atom stereocenters. The topological polar surface area (TPSA) is 69.7 Å². The maximum Gasteiger partial charge on any atom is 0.243 e. The number of nitrogens with one attached hydrogen (secondary N) is 1. The minimum Gasteiger partial charge on any atom is -0.362 e. The fraction of sp³-hybridized carbons (Fsp3) is 0.409. The lowest BCUT2D eigenvalue weighted by molar-refractivity contribution is -0.115. The Morgan fingerprint density at radius 2 is 1.86 bits per heavy atom. The summed E-state index contributed by atoms with van der Waals surface area (Å²) in [6, 6.07) is 14.5. The van der Waals surface area contributed by atoms with Crippen LogP contribution in [0.2, 0.25) is 0 Å². The summed E-state index contributed by atoms with van der Waals surface area (Å²) in [7, 11) is -1.91. The second-order valence-electron chi connectivity index (χ2n) is 7.41. The summed E-state index contributed by atoms with van der Waals surface area (Å²) in [6.07, 6.45) is 3.83. The Morgan fingerprint density at radius 3 is 2.59 bits per heavy atom. The third kappa shape index (κ3) is 5.16. The standard InChI is InChI=1S/C22H29N3O3S/c1-3-4-15-24(2)29(27,28)20-13-11-19(12-14-20)23-22(26)17-25-16-7-9-18-8-5-6-10-21(18)25/h5-6,8,10-14H,3-4,7,9,15-17H2,1-2H3,(H,23,26). The van der Waals surface area contributed by atoms with Gasteiger partial charge in [0, 0.05) is 31.5 Å². The van der Waals surface area contributed by atoms with Crippen molar-refractivity contribution in [3.05, 3.63) is 54.1 Å². The van der Waals surface area contributed by atoms with Gasteiger partial charge in [-0.25, -0.2) is 12.7 Å². The Labute approximate surface area is 173 Å². The van der Waals surface area contributed by atoms with Gasteiger partial charge in [0.15, 0.2) is 0 Å². The van der Waals surface area contributed by atoms with Crippen molar-refractivity contribution in [1.82, 2.24) is 4.31 Å². The van der Waals surface area contributed by atoms with Gasteiger partial charge in [0.25, 0.3) is 0 Å². The smallest absolute Gasteiger partial charge is 0.243 e. The summed E-state index contributed by atoms with van der Waals surface area (Å²) in [4.78, 5) is 14.8. The summed E-state index contributed by atoms with van der Waals surface area (Å²) < 4.78 is 26.5. The van der Waals surface area contributed by atoms with Crippen molar-refractivity contribution in [1.29, 1.82) is 0 Å². The molecule has 0 aromatic heterocycles. The molecule has 1 amide bonds. The summed E-state index contributed by atoms with van der Waals surface area (Å²) >= 11 is 0. The number of nitrogens with zero attached hydrogens (tertiary/aromatic N) is 2. The molecule has 0 aliphatic carbocycles. The van der Waals surface area contributed by atoms with Crippen molar-refractivity contribution in [2.45, 2.75) is 37.5 Å². The largest absolute Gasteiger partial charge is 0.362 e. The second-order valence-corrected chi connectivity index (χ2v) is 9.45. The lowest BCUT2D eigenvalue weighted by Gasteiger charge is -2.30. The fourth-order valence-corrected chi connectivity index (χ4v) is 4.75. The number of carbonyl (C=O) groups excluding carboxylic acids is 1. The molecule has 1 aliphatic rings. The van der Waals surface area contributed by atoms with E-state index in [2.05, 4.69) is 22.3 Å². The lowest BCUT2D eigenvalue weighted by Crippen LogP contribution is -2.36. The first-order valence-corrected chi connectivity index (χ1v) is 11.5. The molecule has 3 rings (SSSR count). The zero-order valence-electron chi connectivity index (χ0n) is 17.1. The number of fused-ring (bicyclic) bond motifs is 1. The number of sulfonamides is 1. The minimum absolute atomic E-state index is 0.114. The third-order valence-electron chi connectivity index (χ3n) is 5.21. The van der Waals surface area contributed by atoms with Crippen LogP contribution in [0.4, 0.5) is 11.4 Å². The van der Waals surface area contributed by atoms with E-state index in [0.717, 1.165) is 37.9 Å². The summed E-state index contributed by atoms with van der Waals surface area (Å²) in [5, 5.41) is 2.87. The van der Waals surface area contributed by atoms with E-state index in [0.29, 0.717) is 12.2 Å². The van der Waals surface area contributed by atoms with Crippen molar-refractivity contribution in [2.24, 2.45) is 0 Å². The fourth-order valence-electron chi connectivity index (χ4n) is 3.54. The number of amides is 1. The van der Waals surface area contributed by atoms with E-state index in [9.17, 15) is 13.2 Å². The number of aryl methyl sites for hydroxylation is 1. The van der Waals surface area contributed by atoms with Crippen LogP contribution < -0.4 is 10.2 Å². The van der Waals surface area contributed by atoms with Crippen LogP contribution in [-0.4, -0.2) is 45.3 Å². The number of rotatable bonds is 8. The van der Waals surface area contributed by atoms with Crippen molar-refractivity contribution in [2.75, 3.05) is 36.9 Å². The van der Waals surface area contributed by atoms with E-state index in [4.69, 9.17) is 0 Å². The molecule has 1 aliphatic heterocycles. The highest BCUT2D eigenvalue weighted by Crippen LogP contribution is 2.26. The lowest BCUT2D eigenvalue weighted by atomic mass is 10.0. The van der Waals surface area contributed by atoms with Gasteiger partial charge in [-0.15, -0.1) is 0 Å². The second kappa shape index (κ2) is 9.41. The molecule has 0 saturated heterocycles. The van der Waals surface area contributed by atoms with Crippen LogP contribution in [0.15, 0.2) is 53.4 Å². The summed E-state index contributed by atoms with van der Waals surface area (Å²) in [5.74, 6) is -0.114. The molecule has 6 nitrogen and oxygen atoms in total. The minimum atomic E-state index is -3.50. The average molecular weight is 416 g/mol. The third-order valence-corrected chi connectivity index (χ3v) is 7.08. The predicted octanol–water partition coefficient (Wildman–Crippen LogP) is 3.50. The van der Waals surface area contributed by atoms with Gasteiger partial charge in [0.2, 0.25) is 15.9 Å². The van der Waals surface area contributed by atoms with Gasteiger partial charge >= 0.3 is 0 Å². The molecule has 7 heteroatoms. The van der Waals surface area contributed by atoms with Crippen molar-refractivity contribution in [3.63, 3.8) is 0 Å².